The Hall–Kier alpha value is -2.25. The molecule has 1 saturated carbocycles. The van der Waals surface area contributed by atoms with E-state index in [1.807, 2.05) is 32.0 Å². The minimum absolute atomic E-state index is 0.00479. The molecule has 2 saturated heterocycles. The molecule has 4 rings (SSSR count). The van der Waals surface area contributed by atoms with Gasteiger partial charge in [0.25, 0.3) is 0 Å². The largest absolute Gasteiger partial charge is 0.324 e. The molecule has 3 amide bonds. The van der Waals surface area contributed by atoms with Crippen molar-refractivity contribution >= 4 is 23.4 Å². The van der Waals surface area contributed by atoms with Crippen LogP contribution in [0.4, 0.5) is 5.69 Å². The molecule has 3 fully saturated rings. The summed E-state index contributed by atoms with van der Waals surface area (Å²) in [5.74, 6) is -0.114. The van der Waals surface area contributed by atoms with Crippen LogP contribution in [0.1, 0.15) is 36.8 Å². The minimum Gasteiger partial charge on any atom is -0.324 e. The van der Waals surface area contributed by atoms with Crippen molar-refractivity contribution < 1.29 is 14.4 Å². The minimum atomic E-state index is -0.0823. The third-order valence-electron chi connectivity index (χ3n) is 6.85. The fourth-order valence-electron chi connectivity index (χ4n) is 5.05. The zero-order valence-electron chi connectivity index (χ0n) is 18.0. The molecule has 7 nitrogen and oxygen atoms in total. The van der Waals surface area contributed by atoms with E-state index in [4.69, 9.17) is 0 Å². The predicted molar refractivity (Wildman–Crippen MR) is 115 cm³/mol. The van der Waals surface area contributed by atoms with Crippen LogP contribution < -0.4 is 5.32 Å². The third-order valence-corrected chi connectivity index (χ3v) is 6.85. The van der Waals surface area contributed by atoms with Crippen molar-refractivity contribution in [3.05, 3.63) is 29.3 Å². The second kappa shape index (κ2) is 8.86. The number of piperazine rings is 1. The van der Waals surface area contributed by atoms with E-state index in [9.17, 15) is 14.4 Å². The molecule has 2 atom stereocenters. The van der Waals surface area contributed by atoms with Gasteiger partial charge in [0.15, 0.2) is 0 Å². The van der Waals surface area contributed by atoms with Gasteiger partial charge in [0.05, 0.1) is 25.0 Å². The van der Waals surface area contributed by atoms with E-state index >= 15 is 0 Å². The van der Waals surface area contributed by atoms with Gasteiger partial charge in [-0.1, -0.05) is 31.0 Å². The van der Waals surface area contributed by atoms with Crippen molar-refractivity contribution in [2.45, 2.75) is 39.5 Å². The lowest BCUT2D eigenvalue weighted by molar-refractivity contribution is -0.142. The highest BCUT2D eigenvalue weighted by atomic mass is 16.2. The van der Waals surface area contributed by atoms with Gasteiger partial charge in [0.1, 0.15) is 0 Å². The van der Waals surface area contributed by atoms with Gasteiger partial charge in [-0.25, -0.2) is 0 Å². The maximum atomic E-state index is 12.7. The van der Waals surface area contributed by atoms with Crippen LogP contribution in [0.2, 0.25) is 0 Å². The van der Waals surface area contributed by atoms with Gasteiger partial charge in [-0.2, -0.15) is 0 Å². The molecule has 30 heavy (non-hydrogen) atoms. The summed E-state index contributed by atoms with van der Waals surface area (Å²) in [5, 5.41) is 3.04. The van der Waals surface area contributed by atoms with Crippen molar-refractivity contribution in [2.75, 3.05) is 44.7 Å². The van der Waals surface area contributed by atoms with Crippen LogP contribution in [0.15, 0.2) is 18.2 Å². The fourth-order valence-corrected chi connectivity index (χ4v) is 5.05. The van der Waals surface area contributed by atoms with Gasteiger partial charge in [0, 0.05) is 31.9 Å². The number of para-hydroxylation sites is 1. The van der Waals surface area contributed by atoms with Crippen LogP contribution in [0.3, 0.4) is 0 Å². The van der Waals surface area contributed by atoms with E-state index in [1.165, 1.54) is 4.90 Å². The number of nitrogens with zero attached hydrogens (tertiary/aromatic N) is 3. The van der Waals surface area contributed by atoms with E-state index < -0.39 is 0 Å². The maximum absolute atomic E-state index is 12.7. The first-order chi connectivity index (χ1) is 14.4. The highest BCUT2D eigenvalue weighted by Crippen LogP contribution is 2.38. The highest BCUT2D eigenvalue weighted by Gasteiger charge is 2.48. The summed E-state index contributed by atoms with van der Waals surface area (Å²) in [6.45, 7) is 7.76. The molecular weight excluding hydrogens is 380 g/mol. The Morgan fingerprint density at radius 1 is 0.933 bits per heavy atom. The van der Waals surface area contributed by atoms with Crippen LogP contribution in [0.25, 0.3) is 0 Å². The first-order valence-electron chi connectivity index (χ1n) is 11.1. The van der Waals surface area contributed by atoms with Crippen LogP contribution in [0.5, 0.6) is 0 Å². The standard InChI is InChI=1S/C23H32N4O3/c1-16-6-5-7-17(2)21(16)24-20(28)14-25-10-12-26(13-11-25)15-27-22(29)18-8-3-4-9-19(18)23(27)30/h5-7,18-19H,3-4,8-15H2,1-2H3,(H,24,28)/t18-,19-/m1/s1. The molecule has 162 valence electrons. The molecule has 2 aliphatic heterocycles. The quantitative estimate of drug-likeness (QED) is 0.749. The normalized spacial score (nSPS) is 25.5. The first-order valence-corrected chi connectivity index (χ1v) is 11.1. The van der Waals surface area contributed by atoms with E-state index in [1.54, 1.807) is 0 Å². The number of nitrogens with one attached hydrogen (secondary N) is 1. The van der Waals surface area contributed by atoms with Crippen LogP contribution in [0, 0.1) is 25.7 Å². The summed E-state index contributed by atoms with van der Waals surface area (Å²) in [6, 6.07) is 5.99. The number of aryl methyl sites for hydroxylation is 2. The van der Waals surface area contributed by atoms with Crippen molar-refractivity contribution in [3.8, 4) is 0 Å². The van der Waals surface area contributed by atoms with Gasteiger partial charge in [0.2, 0.25) is 17.7 Å². The summed E-state index contributed by atoms with van der Waals surface area (Å²) in [5.41, 5.74) is 3.02. The Morgan fingerprint density at radius 2 is 1.47 bits per heavy atom. The average Bonchev–Trinajstić information content (AvgIpc) is 2.97. The van der Waals surface area contributed by atoms with Crippen molar-refractivity contribution in [1.29, 1.82) is 0 Å². The van der Waals surface area contributed by atoms with Crippen molar-refractivity contribution in [1.82, 2.24) is 14.7 Å². The number of hydrogen-bond donors (Lipinski definition) is 1. The predicted octanol–water partition coefficient (Wildman–Crippen LogP) is 1.99. The van der Waals surface area contributed by atoms with E-state index in [-0.39, 0.29) is 29.6 Å². The van der Waals surface area contributed by atoms with E-state index in [0.29, 0.717) is 13.2 Å². The topological polar surface area (TPSA) is 73.0 Å². The molecular formula is C23H32N4O3. The molecule has 1 aromatic rings. The number of benzene rings is 1. The SMILES string of the molecule is Cc1cccc(C)c1NC(=O)CN1CCN(CN2C(=O)[C@@H]3CCCC[C@H]3C2=O)CC1. The summed E-state index contributed by atoms with van der Waals surface area (Å²) in [7, 11) is 0. The number of rotatable bonds is 5. The number of anilines is 1. The number of carbonyl (C=O) groups excluding carboxylic acids is 3. The maximum Gasteiger partial charge on any atom is 0.238 e. The van der Waals surface area contributed by atoms with Crippen LogP contribution in [-0.4, -0.2) is 71.8 Å². The summed E-state index contributed by atoms with van der Waals surface area (Å²) < 4.78 is 0. The Bertz CT molecular complexity index is 787. The van der Waals surface area contributed by atoms with Gasteiger partial charge in [-0.15, -0.1) is 0 Å². The number of imide groups is 1. The number of carbonyl (C=O) groups is 3. The van der Waals surface area contributed by atoms with Crippen LogP contribution in [-0.2, 0) is 14.4 Å². The van der Waals surface area contributed by atoms with Gasteiger partial charge in [-0.3, -0.25) is 29.1 Å². The average molecular weight is 413 g/mol. The smallest absolute Gasteiger partial charge is 0.238 e. The van der Waals surface area contributed by atoms with E-state index in [0.717, 1.165) is 68.7 Å². The Kier molecular flexibility index (Phi) is 6.20. The molecule has 1 N–H and O–H groups in total. The Labute approximate surface area is 178 Å². The molecule has 1 aromatic carbocycles. The monoisotopic (exact) mass is 412 g/mol. The lowest BCUT2D eigenvalue weighted by Crippen LogP contribution is -2.52. The molecule has 0 spiro atoms. The summed E-state index contributed by atoms with van der Waals surface area (Å²) in [6.07, 6.45) is 3.82. The number of likely N-dealkylation sites (tertiary alicyclic amines) is 1. The molecule has 1 aliphatic carbocycles. The second-order valence-corrected chi connectivity index (χ2v) is 8.95. The molecule has 3 aliphatic rings. The summed E-state index contributed by atoms with van der Waals surface area (Å²) in [4.78, 5) is 43.6. The van der Waals surface area contributed by atoms with Crippen LogP contribution >= 0.6 is 0 Å². The first kappa shape index (κ1) is 21.0. The summed E-state index contributed by atoms with van der Waals surface area (Å²) >= 11 is 0. The molecule has 0 unspecified atom stereocenters. The van der Waals surface area contributed by atoms with Crippen molar-refractivity contribution in [3.63, 3.8) is 0 Å². The molecule has 7 heteroatoms. The van der Waals surface area contributed by atoms with Crippen molar-refractivity contribution in [2.24, 2.45) is 11.8 Å². The molecule has 0 bridgehead atoms. The van der Waals surface area contributed by atoms with E-state index in [2.05, 4.69) is 15.1 Å². The number of hydrogen-bond acceptors (Lipinski definition) is 5. The van der Waals surface area contributed by atoms with Gasteiger partial charge < -0.3 is 5.32 Å². The third kappa shape index (κ3) is 4.27. The zero-order valence-corrected chi connectivity index (χ0v) is 18.0. The van der Waals surface area contributed by atoms with Gasteiger partial charge >= 0.3 is 0 Å². The Morgan fingerprint density at radius 3 is 2.03 bits per heavy atom. The highest BCUT2D eigenvalue weighted by molar-refractivity contribution is 6.05. The second-order valence-electron chi connectivity index (χ2n) is 8.95. The molecule has 0 radical (unpaired) electrons. The van der Waals surface area contributed by atoms with Gasteiger partial charge in [-0.05, 0) is 37.8 Å². The fraction of sp³-hybridized carbons (Fsp3) is 0.609. The number of amides is 3. The molecule has 2 heterocycles. The Balaban J connectivity index is 1.26. The molecule has 0 aromatic heterocycles. The number of fused-ring (bicyclic) bond motifs is 1. The lowest BCUT2D eigenvalue weighted by atomic mass is 9.81. The lowest BCUT2D eigenvalue weighted by Gasteiger charge is -2.35. The zero-order chi connectivity index (χ0) is 21.3.